The average molecular weight is 687 g/mol. The van der Waals surface area contributed by atoms with Crippen LogP contribution in [0.25, 0.3) is 6.08 Å². The van der Waals surface area contributed by atoms with Gasteiger partial charge in [0.15, 0.2) is 12.9 Å². The summed E-state index contributed by atoms with van der Waals surface area (Å²) in [4.78, 5) is 26.6. The van der Waals surface area contributed by atoms with Gasteiger partial charge in [0.25, 0.3) is 0 Å². The Bertz CT molecular complexity index is 1420. The minimum atomic E-state index is -1.45. The maximum absolute atomic E-state index is 15.8. The first-order valence-electron chi connectivity index (χ1n) is 16.3. The average Bonchev–Trinajstić information content (AvgIpc) is 3.34. The smallest absolute Gasteiger partial charge is 0.342 e. The number of carbonyl (C=O) groups excluding carboxylic acids is 2. The van der Waals surface area contributed by atoms with Gasteiger partial charge in [0.1, 0.15) is 29.0 Å². The highest BCUT2D eigenvalue weighted by molar-refractivity contribution is 6.76. The Morgan fingerprint density at radius 2 is 1.83 bits per heavy atom. The third-order valence-electron chi connectivity index (χ3n) is 7.84. The van der Waals surface area contributed by atoms with Crippen LogP contribution in [0.1, 0.15) is 66.3 Å². The second kappa shape index (κ2) is 17.8. The first-order valence-corrected chi connectivity index (χ1v) is 20.0. The zero-order valence-corrected chi connectivity index (χ0v) is 30.4. The van der Waals surface area contributed by atoms with Gasteiger partial charge in [-0.3, -0.25) is 0 Å². The molecule has 1 saturated heterocycles. The maximum atomic E-state index is 15.8. The lowest BCUT2D eigenvalue weighted by atomic mass is 9.88. The summed E-state index contributed by atoms with van der Waals surface area (Å²) >= 11 is 0. The molecule has 0 bridgehead atoms. The molecule has 1 N–H and O–H groups in total. The van der Waals surface area contributed by atoms with Crippen molar-refractivity contribution >= 4 is 26.1 Å². The first-order chi connectivity index (χ1) is 22.6. The third kappa shape index (κ3) is 11.9. The molecule has 2 aromatic carbocycles. The molecule has 0 aromatic heterocycles. The molecule has 0 spiro atoms. The van der Waals surface area contributed by atoms with Gasteiger partial charge in [-0.1, -0.05) is 50.0 Å². The van der Waals surface area contributed by atoms with Gasteiger partial charge in [-0.05, 0) is 81.8 Å². The summed E-state index contributed by atoms with van der Waals surface area (Å²) in [6.07, 6.45) is 2.98. The van der Waals surface area contributed by atoms with Gasteiger partial charge in [0.2, 0.25) is 0 Å². The Morgan fingerprint density at radius 1 is 1.12 bits per heavy atom. The minimum Gasteiger partial charge on any atom is -0.497 e. The predicted molar refractivity (Wildman–Crippen MR) is 186 cm³/mol. The number of hydrogen-bond donors (Lipinski definition) is 1. The molecule has 3 unspecified atom stereocenters. The van der Waals surface area contributed by atoms with E-state index >= 15 is 4.39 Å². The Hall–Kier alpha value is -3.51. The van der Waals surface area contributed by atoms with Crippen LogP contribution in [0.5, 0.6) is 11.5 Å². The summed E-state index contributed by atoms with van der Waals surface area (Å²) in [6, 6.07) is 12.5. The number of benzene rings is 2. The van der Waals surface area contributed by atoms with Crippen molar-refractivity contribution in [1.82, 2.24) is 0 Å². The van der Waals surface area contributed by atoms with Crippen LogP contribution in [0.4, 0.5) is 4.39 Å². The van der Waals surface area contributed by atoms with Gasteiger partial charge >= 0.3 is 11.9 Å². The highest BCUT2D eigenvalue weighted by Crippen LogP contribution is 2.41. The van der Waals surface area contributed by atoms with Crippen LogP contribution >= 0.6 is 0 Å². The van der Waals surface area contributed by atoms with Gasteiger partial charge < -0.3 is 33.5 Å². The van der Waals surface area contributed by atoms with Crippen molar-refractivity contribution in [3.63, 3.8) is 0 Å². The molecule has 4 atom stereocenters. The van der Waals surface area contributed by atoms with Gasteiger partial charge in [-0.2, -0.15) is 0 Å². The van der Waals surface area contributed by atoms with E-state index in [-0.39, 0.29) is 36.0 Å². The molecule has 1 fully saturated rings. The van der Waals surface area contributed by atoms with E-state index in [9.17, 15) is 14.7 Å². The second-order valence-electron chi connectivity index (χ2n) is 13.9. The molecule has 11 heteroatoms. The molecule has 0 radical (unpaired) electrons. The van der Waals surface area contributed by atoms with Gasteiger partial charge in [-0.15, -0.1) is 0 Å². The minimum absolute atomic E-state index is 0.0477. The molecule has 1 aliphatic heterocycles. The fraction of sp³-hybridized carbons (Fsp3) is 0.514. The molecule has 0 saturated carbocycles. The Morgan fingerprint density at radius 3 is 2.46 bits per heavy atom. The number of allylic oxidation sites excluding steroid dienone is 1. The molecule has 9 nitrogen and oxygen atoms in total. The first kappa shape index (κ1) is 38.9. The van der Waals surface area contributed by atoms with Gasteiger partial charge in [0, 0.05) is 21.3 Å². The Labute approximate surface area is 285 Å². The molecule has 264 valence electrons. The fourth-order valence-corrected chi connectivity index (χ4v) is 6.14. The van der Waals surface area contributed by atoms with E-state index in [2.05, 4.69) is 19.6 Å². The van der Waals surface area contributed by atoms with E-state index in [1.807, 2.05) is 19.9 Å². The van der Waals surface area contributed by atoms with Crippen molar-refractivity contribution in [1.29, 1.82) is 0 Å². The van der Waals surface area contributed by atoms with Crippen molar-refractivity contribution < 1.29 is 47.5 Å². The van der Waals surface area contributed by atoms with Crippen molar-refractivity contribution in [2.75, 3.05) is 27.6 Å². The number of halogens is 1. The van der Waals surface area contributed by atoms with Crippen LogP contribution in [0.15, 0.2) is 60.4 Å². The van der Waals surface area contributed by atoms with Crippen LogP contribution in [0.2, 0.25) is 25.7 Å². The molecule has 2 aromatic rings. The molecule has 0 aliphatic carbocycles. The van der Waals surface area contributed by atoms with Gasteiger partial charge in [0.05, 0.1) is 31.0 Å². The quantitative estimate of drug-likeness (QED) is 0.102. The molecule has 48 heavy (non-hydrogen) atoms. The molecule has 1 heterocycles. The highest BCUT2D eigenvalue weighted by Gasteiger charge is 2.46. The van der Waals surface area contributed by atoms with Crippen molar-refractivity contribution in [2.45, 2.75) is 89.6 Å². The number of carbonyl (C=O) groups is 2. The highest BCUT2D eigenvalue weighted by atomic mass is 28.3. The lowest BCUT2D eigenvalue weighted by Crippen LogP contribution is -2.37. The number of aliphatic hydroxyl groups is 1. The molecule has 0 amide bonds. The number of esters is 2. The van der Waals surface area contributed by atoms with E-state index < -0.39 is 49.8 Å². The molecular formula is C37H51FO9Si. The number of methoxy groups -OCH3 is 2. The maximum Gasteiger partial charge on any atom is 0.342 e. The predicted octanol–water partition coefficient (Wildman–Crippen LogP) is 7.61. The SMILES string of the molecule is COCOc1cc(OC)cc(/C=C/C[C@@H]2CC(C)(C)OC2C(OC(=O)c2ccccc2)/C(F)=C\CC(C)O)c1C(=O)OCC[Si](C)(C)C. The van der Waals surface area contributed by atoms with Crippen LogP contribution < -0.4 is 9.47 Å². The number of hydrogen-bond acceptors (Lipinski definition) is 9. The monoisotopic (exact) mass is 686 g/mol. The summed E-state index contributed by atoms with van der Waals surface area (Å²) in [5.74, 6) is -1.43. The van der Waals surface area contributed by atoms with Crippen LogP contribution in [0.3, 0.4) is 0 Å². The van der Waals surface area contributed by atoms with Gasteiger partial charge in [-0.25, -0.2) is 14.0 Å². The van der Waals surface area contributed by atoms with Crippen molar-refractivity contribution in [2.24, 2.45) is 5.92 Å². The summed E-state index contributed by atoms with van der Waals surface area (Å²) in [6.45, 7) is 12.2. The van der Waals surface area contributed by atoms with E-state index in [0.29, 0.717) is 30.8 Å². The van der Waals surface area contributed by atoms with Crippen LogP contribution in [0, 0.1) is 5.92 Å². The standard InChI is InChI=1S/C37H51FO9Si/c1-25(39)17-18-30(38)34(46-35(40)26-13-10-9-11-14-26)33-28(23-37(2,3)47-33)16-12-15-27-21-29(43-5)22-31(45-24-42-4)32(27)36(41)44-19-20-48(6,7)8/h9-15,18,21-22,25,28,33-34,39H,16-17,19-20,23-24H2,1-8H3/b15-12+,30-18+/t25?,28-,33?,34?/m1/s1. The summed E-state index contributed by atoms with van der Waals surface area (Å²) in [7, 11) is 1.56. The Kier molecular flexibility index (Phi) is 14.4. The van der Waals surface area contributed by atoms with Crippen LogP contribution in [-0.4, -0.2) is 76.7 Å². The lowest BCUT2D eigenvalue weighted by molar-refractivity contribution is -0.0805. The summed E-state index contributed by atoms with van der Waals surface area (Å²) < 4.78 is 50.0. The van der Waals surface area contributed by atoms with Crippen molar-refractivity contribution in [3.8, 4) is 11.5 Å². The normalized spacial score (nSPS) is 19.2. The van der Waals surface area contributed by atoms with Crippen LogP contribution in [-0.2, 0) is 18.9 Å². The van der Waals surface area contributed by atoms with E-state index in [1.165, 1.54) is 20.3 Å². The Balaban J connectivity index is 1.95. The third-order valence-corrected chi connectivity index (χ3v) is 9.55. The van der Waals surface area contributed by atoms with E-state index in [1.54, 1.807) is 55.5 Å². The number of aliphatic hydroxyl groups excluding tert-OH is 1. The topological polar surface area (TPSA) is 110 Å². The molecule has 1 aliphatic rings. The van der Waals surface area contributed by atoms with E-state index in [0.717, 1.165) is 6.04 Å². The number of rotatable bonds is 17. The zero-order valence-electron chi connectivity index (χ0n) is 29.4. The van der Waals surface area contributed by atoms with Crippen molar-refractivity contribution in [3.05, 3.63) is 77.1 Å². The summed E-state index contributed by atoms with van der Waals surface area (Å²) in [5.41, 5.74) is 0.408. The second-order valence-corrected chi connectivity index (χ2v) is 19.5. The summed E-state index contributed by atoms with van der Waals surface area (Å²) in [5, 5.41) is 9.80. The number of ether oxygens (including phenoxy) is 6. The lowest BCUT2D eigenvalue weighted by Gasteiger charge is -2.27. The largest absolute Gasteiger partial charge is 0.497 e. The fourth-order valence-electron chi connectivity index (χ4n) is 5.43. The zero-order chi connectivity index (χ0) is 35.5. The molecular weight excluding hydrogens is 635 g/mol. The molecule has 3 rings (SSSR count). The van der Waals surface area contributed by atoms with E-state index in [4.69, 9.17) is 28.4 Å².